The number of amides is 2. The number of aryl methyl sites for hydroxylation is 1. The number of hydrogen-bond acceptors (Lipinski definition) is 7. The zero-order valence-corrected chi connectivity index (χ0v) is 23.5. The van der Waals surface area contributed by atoms with Crippen LogP contribution in [0.4, 0.5) is 19.5 Å². The lowest BCUT2D eigenvalue weighted by molar-refractivity contribution is 0.0508. The van der Waals surface area contributed by atoms with E-state index in [1.165, 1.54) is 12.1 Å². The van der Waals surface area contributed by atoms with Gasteiger partial charge in [0.15, 0.2) is 0 Å². The zero-order valence-electron chi connectivity index (χ0n) is 23.5. The molecule has 1 atom stereocenters. The first-order valence-corrected chi connectivity index (χ1v) is 13.5. The van der Waals surface area contributed by atoms with Gasteiger partial charge in [0.2, 0.25) is 5.95 Å². The van der Waals surface area contributed by atoms with Gasteiger partial charge in [-0.2, -0.15) is 0 Å². The highest BCUT2D eigenvalue weighted by molar-refractivity contribution is 5.94. The van der Waals surface area contributed by atoms with E-state index in [9.17, 15) is 18.4 Å². The highest BCUT2D eigenvalue weighted by Crippen LogP contribution is 2.19. The molecule has 4 rings (SSSR count). The Morgan fingerprint density at radius 1 is 1.15 bits per heavy atom. The van der Waals surface area contributed by atoms with Gasteiger partial charge in [0.25, 0.3) is 5.91 Å². The molecule has 0 spiro atoms. The van der Waals surface area contributed by atoms with Gasteiger partial charge in [0, 0.05) is 44.1 Å². The smallest absolute Gasteiger partial charge is 0.407 e. The fraction of sp³-hybridized carbons (Fsp3) is 0.571. The molecule has 214 valence electrons. The molecule has 2 aromatic rings. The number of anilines is 1. The predicted molar refractivity (Wildman–Crippen MR) is 146 cm³/mol. The summed E-state index contributed by atoms with van der Waals surface area (Å²) in [6.45, 7) is 13.0. The summed E-state index contributed by atoms with van der Waals surface area (Å²) in [5.74, 6) is -0.458. The van der Waals surface area contributed by atoms with Crippen LogP contribution in [-0.4, -0.2) is 77.3 Å². The Morgan fingerprint density at radius 2 is 1.82 bits per heavy atom. The third-order valence-corrected chi connectivity index (χ3v) is 6.56. The van der Waals surface area contributed by atoms with Crippen LogP contribution in [0.1, 0.15) is 62.9 Å². The molecule has 0 aliphatic carbocycles. The van der Waals surface area contributed by atoms with E-state index in [0.29, 0.717) is 30.2 Å². The molecule has 11 heteroatoms. The van der Waals surface area contributed by atoms with Crippen molar-refractivity contribution in [2.24, 2.45) is 0 Å². The predicted octanol–water partition coefficient (Wildman–Crippen LogP) is 4.07. The molecule has 3 heterocycles. The van der Waals surface area contributed by atoms with Crippen molar-refractivity contribution in [3.63, 3.8) is 0 Å². The van der Waals surface area contributed by atoms with Crippen LogP contribution in [0.3, 0.4) is 0 Å². The first-order chi connectivity index (χ1) is 18.5. The standard InChI is InChI=1S/C21H34N6O3.C7H6F2/c1-5-27(17-6-9-22-10-7-17)18(28)15-12-23-19(24-13-15)26-11-8-16(14-26)25-20(29)30-21(2,3)4;1-5-2-3-6(8)4-7(5)9/h12-13,16-17,22H,5-11,14H2,1-4H3,(H,25,29);2-4H,1H3. The van der Waals surface area contributed by atoms with E-state index < -0.39 is 23.3 Å². The van der Waals surface area contributed by atoms with Crippen LogP contribution in [0, 0.1) is 18.6 Å². The topological polar surface area (TPSA) is 99.7 Å². The Kier molecular flexibility index (Phi) is 10.6. The molecular formula is C28H40F2N6O3. The first kappa shape index (κ1) is 30.2. The van der Waals surface area contributed by atoms with Gasteiger partial charge in [0.05, 0.1) is 11.6 Å². The molecule has 0 saturated carbocycles. The number of carbonyl (C=O) groups is 2. The maximum atomic E-state index is 12.9. The van der Waals surface area contributed by atoms with E-state index in [0.717, 1.165) is 45.0 Å². The van der Waals surface area contributed by atoms with Gasteiger partial charge in [-0.3, -0.25) is 4.79 Å². The molecule has 2 fully saturated rings. The van der Waals surface area contributed by atoms with Crippen molar-refractivity contribution in [3.8, 4) is 0 Å². The van der Waals surface area contributed by atoms with Crippen molar-refractivity contribution in [2.45, 2.75) is 71.6 Å². The largest absolute Gasteiger partial charge is 0.444 e. The van der Waals surface area contributed by atoms with E-state index in [2.05, 4.69) is 20.6 Å². The van der Waals surface area contributed by atoms with Gasteiger partial charge < -0.3 is 25.2 Å². The van der Waals surface area contributed by atoms with Crippen LogP contribution < -0.4 is 15.5 Å². The third-order valence-electron chi connectivity index (χ3n) is 6.56. The minimum atomic E-state index is -0.530. The maximum Gasteiger partial charge on any atom is 0.407 e. The minimum absolute atomic E-state index is 0.0122. The molecule has 9 nitrogen and oxygen atoms in total. The molecule has 2 aliphatic rings. The fourth-order valence-corrected chi connectivity index (χ4v) is 4.55. The number of benzene rings is 1. The molecule has 1 aromatic carbocycles. The number of nitrogens with one attached hydrogen (secondary N) is 2. The van der Waals surface area contributed by atoms with Crippen LogP contribution in [0.25, 0.3) is 0 Å². The number of aromatic nitrogens is 2. The summed E-state index contributed by atoms with van der Waals surface area (Å²) in [6, 6.07) is 3.76. The lowest BCUT2D eigenvalue weighted by Gasteiger charge is -2.33. The van der Waals surface area contributed by atoms with E-state index in [1.54, 1.807) is 19.3 Å². The number of rotatable bonds is 5. The normalized spacial score (nSPS) is 17.7. The van der Waals surface area contributed by atoms with Crippen LogP contribution in [-0.2, 0) is 4.74 Å². The number of carbonyl (C=O) groups excluding carboxylic acids is 2. The zero-order chi connectivity index (χ0) is 28.6. The number of ether oxygens (including phenoxy) is 1. The van der Waals surface area contributed by atoms with Crippen LogP contribution in [0.5, 0.6) is 0 Å². The molecule has 1 unspecified atom stereocenters. The van der Waals surface area contributed by atoms with E-state index >= 15 is 0 Å². The van der Waals surface area contributed by atoms with Gasteiger partial charge in [-0.05, 0) is 78.6 Å². The Morgan fingerprint density at radius 3 is 2.38 bits per heavy atom. The average molecular weight is 547 g/mol. The molecule has 1 aromatic heterocycles. The Hall–Kier alpha value is -3.34. The van der Waals surface area contributed by atoms with Crippen molar-refractivity contribution in [1.82, 2.24) is 25.5 Å². The maximum absolute atomic E-state index is 12.9. The van der Waals surface area contributed by atoms with Gasteiger partial charge in [0.1, 0.15) is 17.2 Å². The third kappa shape index (κ3) is 9.12. The number of halogens is 2. The highest BCUT2D eigenvalue weighted by atomic mass is 19.1. The summed E-state index contributed by atoms with van der Waals surface area (Å²) in [5, 5.41) is 6.23. The number of piperidine rings is 1. The Labute approximate surface area is 229 Å². The van der Waals surface area contributed by atoms with Crippen LogP contribution in [0.2, 0.25) is 0 Å². The van der Waals surface area contributed by atoms with Crippen molar-refractivity contribution in [1.29, 1.82) is 0 Å². The van der Waals surface area contributed by atoms with Crippen molar-refractivity contribution in [3.05, 3.63) is 53.4 Å². The van der Waals surface area contributed by atoms with Gasteiger partial charge in [-0.1, -0.05) is 6.07 Å². The van der Waals surface area contributed by atoms with Gasteiger partial charge in [-0.15, -0.1) is 0 Å². The van der Waals surface area contributed by atoms with Crippen molar-refractivity contribution in [2.75, 3.05) is 37.6 Å². The highest BCUT2D eigenvalue weighted by Gasteiger charge is 2.29. The van der Waals surface area contributed by atoms with Gasteiger partial charge >= 0.3 is 6.09 Å². The van der Waals surface area contributed by atoms with Crippen LogP contribution in [0.15, 0.2) is 30.6 Å². The van der Waals surface area contributed by atoms with Crippen LogP contribution >= 0.6 is 0 Å². The molecule has 2 saturated heterocycles. The van der Waals surface area contributed by atoms with Crippen molar-refractivity contribution < 1.29 is 23.1 Å². The molecular weight excluding hydrogens is 506 g/mol. The molecule has 2 N–H and O–H groups in total. The molecule has 39 heavy (non-hydrogen) atoms. The summed E-state index contributed by atoms with van der Waals surface area (Å²) in [6.07, 6.45) is 5.56. The quantitative estimate of drug-likeness (QED) is 0.583. The van der Waals surface area contributed by atoms with Gasteiger partial charge in [-0.25, -0.2) is 23.5 Å². The Bertz CT molecular complexity index is 1100. The number of alkyl carbamates (subject to hydrolysis) is 1. The summed E-state index contributed by atoms with van der Waals surface area (Å²) in [7, 11) is 0. The minimum Gasteiger partial charge on any atom is -0.444 e. The lowest BCUT2D eigenvalue weighted by Crippen LogP contribution is -2.46. The number of nitrogens with zero attached hydrogens (tertiary/aromatic N) is 4. The SMILES string of the molecule is CCN(C(=O)c1cnc(N2CCC(NC(=O)OC(C)(C)C)C2)nc1)C1CCNCC1.Cc1ccc(F)cc1F. The Balaban J connectivity index is 0.000000395. The molecule has 0 bridgehead atoms. The summed E-state index contributed by atoms with van der Waals surface area (Å²) in [4.78, 5) is 37.7. The van der Waals surface area contributed by atoms with E-state index in [-0.39, 0.29) is 18.0 Å². The molecule has 2 amide bonds. The van der Waals surface area contributed by atoms with E-state index in [4.69, 9.17) is 4.74 Å². The second-order valence-corrected chi connectivity index (χ2v) is 10.8. The number of hydrogen-bond donors (Lipinski definition) is 2. The average Bonchev–Trinajstić information content (AvgIpc) is 3.35. The summed E-state index contributed by atoms with van der Waals surface area (Å²) in [5.41, 5.74) is 0.465. The first-order valence-electron chi connectivity index (χ1n) is 13.5. The van der Waals surface area contributed by atoms with E-state index in [1.807, 2.05) is 37.5 Å². The summed E-state index contributed by atoms with van der Waals surface area (Å²) >= 11 is 0. The lowest BCUT2D eigenvalue weighted by atomic mass is 10.0. The second-order valence-electron chi connectivity index (χ2n) is 10.8. The molecule has 2 aliphatic heterocycles. The second kappa shape index (κ2) is 13.6. The molecule has 0 radical (unpaired) electrons. The monoisotopic (exact) mass is 546 g/mol. The fourth-order valence-electron chi connectivity index (χ4n) is 4.55. The van der Waals surface area contributed by atoms with Crippen molar-refractivity contribution >= 4 is 17.9 Å². The summed E-state index contributed by atoms with van der Waals surface area (Å²) < 4.78 is 29.8.